The highest BCUT2D eigenvalue weighted by atomic mass is 32.1. The molecule has 0 bridgehead atoms. The van der Waals surface area contributed by atoms with Gasteiger partial charge in [0, 0.05) is 30.6 Å². The molecule has 2 heterocycles. The lowest BCUT2D eigenvalue weighted by molar-refractivity contribution is 0.0756. The third-order valence-electron chi connectivity index (χ3n) is 5.72. The maximum Gasteiger partial charge on any atom is 0.273 e. The molecule has 5 nitrogen and oxygen atoms in total. The van der Waals surface area contributed by atoms with Crippen molar-refractivity contribution in [2.24, 2.45) is 0 Å². The first-order valence-corrected chi connectivity index (χ1v) is 11.8. The fraction of sp³-hybridized carbons (Fsp3) is 0.360. The zero-order valence-electron chi connectivity index (χ0n) is 18.0. The summed E-state index contributed by atoms with van der Waals surface area (Å²) in [5.41, 5.74) is 2.95. The SMILES string of the molecule is COc1ccc(-c2nc(C(=O)N3CCCN(CCCc4ccccc4)CC3)cs2)cc1. The second-order valence-corrected chi connectivity index (χ2v) is 8.70. The van der Waals surface area contributed by atoms with E-state index in [1.807, 2.05) is 34.5 Å². The molecule has 0 aliphatic carbocycles. The summed E-state index contributed by atoms with van der Waals surface area (Å²) in [6.07, 6.45) is 3.26. The van der Waals surface area contributed by atoms with Gasteiger partial charge in [0.05, 0.1) is 7.11 Å². The summed E-state index contributed by atoms with van der Waals surface area (Å²) < 4.78 is 5.21. The molecule has 0 radical (unpaired) electrons. The van der Waals surface area contributed by atoms with Crippen LogP contribution in [0.5, 0.6) is 5.75 Å². The van der Waals surface area contributed by atoms with Crippen molar-refractivity contribution in [3.63, 3.8) is 0 Å². The molecule has 1 aliphatic rings. The molecule has 1 aromatic heterocycles. The number of thiazole rings is 1. The van der Waals surface area contributed by atoms with Crippen molar-refractivity contribution in [3.05, 3.63) is 71.2 Å². The van der Waals surface area contributed by atoms with E-state index in [1.54, 1.807) is 7.11 Å². The minimum absolute atomic E-state index is 0.0437. The van der Waals surface area contributed by atoms with Gasteiger partial charge in [0.25, 0.3) is 5.91 Å². The molecule has 4 rings (SSSR count). The molecule has 1 fully saturated rings. The van der Waals surface area contributed by atoms with Crippen LogP contribution in [0.15, 0.2) is 60.0 Å². The van der Waals surface area contributed by atoms with Crippen molar-refractivity contribution in [1.82, 2.24) is 14.8 Å². The van der Waals surface area contributed by atoms with Crippen LogP contribution in [0, 0.1) is 0 Å². The van der Waals surface area contributed by atoms with E-state index in [0.29, 0.717) is 5.69 Å². The normalized spacial score (nSPS) is 14.9. The molecule has 1 amide bonds. The topological polar surface area (TPSA) is 45.7 Å². The summed E-state index contributed by atoms with van der Waals surface area (Å²) >= 11 is 1.51. The van der Waals surface area contributed by atoms with Crippen molar-refractivity contribution in [1.29, 1.82) is 0 Å². The van der Waals surface area contributed by atoms with Crippen molar-refractivity contribution in [3.8, 4) is 16.3 Å². The number of amides is 1. The molecule has 6 heteroatoms. The van der Waals surface area contributed by atoms with Crippen molar-refractivity contribution < 1.29 is 9.53 Å². The number of hydrogen-bond acceptors (Lipinski definition) is 5. The Balaban J connectivity index is 1.29. The van der Waals surface area contributed by atoms with E-state index in [-0.39, 0.29) is 5.91 Å². The monoisotopic (exact) mass is 435 g/mol. The number of nitrogens with zero attached hydrogens (tertiary/aromatic N) is 3. The van der Waals surface area contributed by atoms with Gasteiger partial charge in [-0.15, -0.1) is 11.3 Å². The van der Waals surface area contributed by atoms with Crippen molar-refractivity contribution >= 4 is 17.2 Å². The summed E-state index contributed by atoms with van der Waals surface area (Å²) in [6.45, 7) is 4.61. The van der Waals surface area contributed by atoms with Gasteiger partial charge in [-0.2, -0.15) is 0 Å². The molecule has 162 valence electrons. The second kappa shape index (κ2) is 10.6. The number of ether oxygens (including phenoxy) is 1. The minimum atomic E-state index is 0.0437. The molecular weight excluding hydrogens is 406 g/mol. The molecule has 0 saturated carbocycles. The lowest BCUT2D eigenvalue weighted by atomic mass is 10.1. The van der Waals surface area contributed by atoms with Crippen LogP contribution >= 0.6 is 11.3 Å². The number of aryl methyl sites for hydroxylation is 1. The number of methoxy groups -OCH3 is 1. The third kappa shape index (κ3) is 5.71. The number of hydrogen-bond donors (Lipinski definition) is 0. The van der Waals surface area contributed by atoms with Crippen LogP contribution in [-0.4, -0.2) is 60.5 Å². The van der Waals surface area contributed by atoms with Gasteiger partial charge in [-0.25, -0.2) is 4.98 Å². The molecule has 1 saturated heterocycles. The first-order chi connectivity index (χ1) is 15.2. The Morgan fingerprint density at radius 3 is 2.61 bits per heavy atom. The van der Waals surface area contributed by atoms with Crippen LogP contribution in [-0.2, 0) is 6.42 Å². The highest BCUT2D eigenvalue weighted by Crippen LogP contribution is 2.26. The summed E-state index contributed by atoms with van der Waals surface area (Å²) in [5.74, 6) is 0.858. The first kappa shape index (κ1) is 21.5. The number of rotatable bonds is 7. The maximum atomic E-state index is 13.0. The average molecular weight is 436 g/mol. The Labute approximate surface area is 188 Å². The van der Waals surface area contributed by atoms with Gasteiger partial charge in [-0.05, 0) is 62.2 Å². The summed E-state index contributed by atoms with van der Waals surface area (Å²) in [5, 5.41) is 2.74. The predicted octanol–water partition coefficient (Wildman–Crippen LogP) is 4.60. The van der Waals surface area contributed by atoms with Crippen LogP contribution in [0.1, 0.15) is 28.9 Å². The highest BCUT2D eigenvalue weighted by Gasteiger charge is 2.22. The zero-order chi connectivity index (χ0) is 21.5. The molecule has 1 aliphatic heterocycles. The fourth-order valence-electron chi connectivity index (χ4n) is 3.95. The number of carbonyl (C=O) groups is 1. The summed E-state index contributed by atoms with van der Waals surface area (Å²) in [7, 11) is 1.65. The van der Waals surface area contributed by atoms with E-state index < -0.39 is 0 Å². The van der Waals surface area contributed by atoms with Crippen LogP contribution in [0.25, 0.3) is 10.6 Å². The Bertz CT molecular complexity index is 972. The van der Waals surface area contributed by atoms with E-state index in [9.17, 15) is 4.79 Å². The fourth-order valence-corrected chi connectivity index (χ4v) is 4.75. The van der Waals surface area contributed by atoms with E-state index in [0.717, 1.165) is 68.3 Å². The second-order valence-electron chi connectivity index (χ2n) is 7.84. The lowest BCUT2D eigenvalue weighted by Crippen LogP contribution is -2.35. The number of benzene rings is 2. The van der Waals surface area contributed by atoms with Gasteiger partial charge in [0.1, 0.15) is 16.5 Å². The number of carbonyl (C=O) groups excluding carboxylic acids is 1. The molecule has 0 N–H and O–H groups in total. The van der Waals surface area contributed by atoms with Crippen LogP contribution < -0.4 is 4.74 Å². The molecule has 31 heavy (non-hydrogen) atoms. The summed E-state index contributed by atoms with van der Waals surface area (Å²) in [6, 6.07) is 18.4. The Morgan fingerprint density at radius 2 is 1.84 bits per heavy atom. The minimum Gasteiger partial charge on any atom is -0.497 e. The predicted molar refractivity (Wildman–Crippen MR) is 126 cm³/mol. The first-order valence-electron chi connectivity index (χ1n) is 10.9. The quantitative estimate of drug-likeness (QED) is 0.544. The van der Waals surface area contributed by atoms with E-state index in [1.165, 1.54) is 16.9 Å². The highest BCUT2D eigenvalue weighted by molar-refractivity contribution is 7.13. The van der Waals surface area contributed by atoms with E-state index in [4.69, 9.17) is 4.74 Å². The van der Waals surface area contributed by atoms with Crippen LogP contribution in [0.4, 0.5) is 0 Å². The lowest BCUT2D eigenvalue weighted by Gasteiger charge is -2.21. The zero-order valence-corrected chi connectivity index (χ0v) is 18.8. The molecule has 0 atom stereocenters. The largest absolute Gasteiger partial charge is 0.497 e. The third-order valence-corrected chi connectivity index (χ3v) is 6.61. The van der Waals surface area contributed by atoms with E-state index in [2.05, 4.69) is 40.2 Å². The summed E-state index contributed by atoms with van der Waals surface area (Å²) in [4.78, 5) is 22.1. The van der Waals surface area contributed by atoms with Crippen LogP contribution in [0.2, 0.25) is 0 Å². The standard InChI is InChI=1S/C25H29N3O2S/c1-30-22-12-10-21(11-13-22)24-26-23(19-31-24)25(29)28-16-6-15-27(17-18-28)14-5-9-20-7-3-2-4-8-20/h2-4,7-8,10-13,19H,5-6,9,14-18H2,1H3. The smallest absolute Gasteiger partial charge is 0.273 e. The van der Waals surface area contributed by atoms with Crippen molar-refractivity contribution in [2.45, 2.75) is 19.3 Å². The Morgan fingerprint density at radius 1 is 1.03 bits per heavy atom. The van der Waals surface area contributed by atoms with Gasteiger partial charge in [-0.3, -0.25) is 4.79 Å². The maximum absolute atomic E-state index is 13.0. The Hall–Kier alpha value is -2.70. The molecule has 0 unspecified atom stereocenters. The molecule has 0 spiro atoms. The van der Waals surface area contributed by atoms with Crippen LogP contribution in [0.3, 0.4) is 0 Å². The van der Waals surface area contributed by atoms with Gasteiger partial charge in [0.15, 0.2) is 0 Å². The van der Waals surface area contributed by atoms with Gasteiger partial charge < -0.3 is 14.5 Å². The van der Waals surface area contributed by atoms with Gasteiger partial charge in [-0.1, -0.05) is 30.3 Å². The molecule has 2 aromatic carbocycles. The number of aromatic nitrogens is 1. The van der Waals surface area contributed by atoms with E-state index >= 15 is 0 Å². The van der Waals surface area contributed by atoms with Gasteiger partial charge >= 0.3 is 0 Å². The van der Waals surface area contributed by atoms with Crippen molar-refractivity contribution in [2.75, 3.05) is 39.8 Å². The Kier molecular flexibility index (Phi) is 7.33. The molecule has 3 aromatic rings. The average Bonchev–Trinajstić information content (AvgIpc) is 3.19. The van der Waals surface area contributed by atoms with Gasteiger partial charge in [0.2, 0.25) is 0 Å². The molecular formula is C25H29N3O2S.